The first kappa shape index (κ1) is 60.3. The van der Waals surface area contributed by atoms with Gasteiger partial charge in [-0.05, 0) is 57.8 Å². The first-order valence-corrected chi connectivity index (χ1v) is 27.6. The molecule has 2 atom stereocenters. The van der Waals surface area contributed by atoms with Crippen LogP contribution < -0.4 is 5.32 Å². The predicted octanol–water partition coefficient (Wildman–Crippen LogP) is 16.7. The lowest BCUT2D eigenvalue weighted by molar-refractivity contribution is -0.143. The number of aliphatic hydroxyl groups excluding tert-OH is 2. The Kier molecular flexibility index (Phi) is 50.6. The smallest absolute Gasteiger partial charge is 0.305 e. The maximum Gasteiger partial charge on any atom is 0.305 e. The van der Waals surface area contributed by atoms with Crippen molar-refractivity contribution in [3.63, 3.8) is 0 Å². The van der Waals surface area contributed by atoms with Crippen molar-refractivity contribution in [1.82, 2.24) is 5.32 Å². The van der Waals surface area contributed by atoms with E-state index in [0.717, 1.165) is 57.8 Å². The zero-order chi connectivity index (χ0) is 45.1. The molecule has 0 saturated carbocycles. The lowest BCUT2D eigenvalue weighted by atomic mass is 10.0. The second-order valence-corrected chi connectivity index (χ2v) is 18.9. The number of hydrogen-bond acceptors (Lipinski definition) is 5. The molecule has 0 rings (SSSR count). The Morgan fingerprint density at radius 2 is 0.758 bits per heavy atom. The van der Waals surface area contributed by atoms with Crippen LogP contribution in [0.1, 0.15) is 296 Å². The molecule has 0 heterocycles. The van der Waals surface area contributed by atoms with Crippen LogP contribution in [0, 0.1) is 0 Å². The van der Waals surface area contributed by atoms with Crippen molar-refractivity contribution in [2.45, 2.75) is 309 Å². The van der Waals surface area contributed by atoms with Crippen molar-refractivity contribution >= 4 is 11.9 Å². The van der Waals surface area contributed by atoms with E-state index in [0.29, 0.717) is 19.4 Å². The SMILES string of the molecule is CCCCCCCCC/C=C\CCCCCCCC(=O)OCCCCCCCCCCCCCCCC(=O)NC(CO)C(O)/C=C/CCCCCCCCCCCCCCCC. The summed E-state index contributed by atoms with van der Waals surface area (Å²) in [5.74, 6) is -0.0940. The van der Waals surface area contributed by atoms with Crippen molar-refractivity contribution in [1.29, 1.82) is 0 Å². The number of ether oxygens (including phenoxy) is 1. The van der Waals surface area contributed by atoms with Crippen molar-refractivity contribution in [3.8, 4) is 0 Å². The molecule has 3 N–H and O–H groups in total. The molecule has 0 aromatic carbocycles. The Balaban J connectivity index is 3.48. The molecule has 0 aliphatic heterocycles. The minimum absolute atomic E-state index is 0.0141. The van der Waals surface area contributed by atoms with Crippen LogP contribution in [0.3, 0.4) is 0 Å². The van der Waals surface area contributed by atoms with Crippen LogP contribution >= 0.6 is 0 Å². The van der Waals surface area contributed by atoms with E-state index in [4.69, 9.17) is 4.74 Å². The van der Waals surface area contributed by atoms with Crippen molar-refractivity contribution < 1.29 is 24.5 Å². The number of unbranched alkanes of at least 4 members (excludes halogenated alkanes) is 38. The van der Waals surface area contributed by atoms with Gasteiger partial charge in [-0.15, -0.1) is 0 Å². The molecule has 1 amide bonds. The van der Waals surface area contributed by atoms with Gasteiger partial charge in [0.25, 0.3) is 0 Å². The van der Waals surface area contributed by atoms with Crippen LogP contribution in [-0.4, -0.2) is 47.4 Å². The average Bonchev–Trinajstić information content (AvgIpc) is 3.27. The third-order valence-electron chi connectivity index (χ3n) is 12.7. The molecule has 0 bridgehead atoms. The number of rotatable bonds is 51. The third-order valence-corrected chi connectivity index (χ3v) is 12.7. The average molecular weight is 874 g/mol. The standard InChI is InChI=1S/C56H107NO5/c1-3-5-7-9-11-13-15-17-19-21-24-28-32-36-40-44-48-54(59)53(52-58)57-55(60)49-45-41-37-33-29-25-23-27-31-35-39-43-47-51-62-56(61)50-46-42-38-34-30-26-22-20-18-16-14-12-10-8-6-4-2/h20,22,44,48,53-54,58-59H,3-19,21,23-43,45-47,49-52H2,1-2H3,(H,57,60)/b22-20-,48-44+. The number of carbonyl (C=O) groups excluding carboxylic acids is 2. The molecule has 0 aliphatic rings. The fourth-order valence-electron chi connectivity index (χ4n) is 8.45. The fourth-order valence-corrected chi connectivity index (χ4v) is 8.45. The maximum atomic E-state index is 12.4. The van der Waals surface area contributed by atoms with Crippen molar-refractivity contribution in [2.75, 3.05) is 13.2 Å². The molecule has 6 heteroatoms. The molecule has 0 radical (unpaired) electrons. The summed E-state index contributed by atoms with van der Waals surface area (Å²) >= 11 is 0. The molecule has 366 valence electrons. The van der Waals surface area contributed by atoms with E-state index in [-0.39, 0.29) is 18.5 Å². The van der Waals surface area contributed by atoms with E-state index >= 15 is 0 Å². The lowest BCUT2D eigenvalue weighted by Gasteiger charge is -2.20. The van der Waals surface area contributed by atoms with E-state index in [9.17, 15) is 19.8 Å². The Bertz CT molecular complexity index is 966. The molecule has 0 aliphatic carbocycles. The minimum atomic E-state index is -0.853. The Morgan fingerprint density at radius 1 is 0.435 bits per heavy atom. The normalized spacial score (nSPS) is 12.8. The number of hydrogen-bond donors (Lipinski definition) is 3. The van der Waals surface area contributed by atoms with Gasteiger partial charge in [-0.1, -0.05) is 250 Å². The van der Waals surface area contributed by atoms with Gasteiger partial charge in [0.2, 0.25) is 5.91 Å². The highest BCUT2D eigenvalue weighted by Crippen LogP contribution is 2.16. The van der Waals surface area contributed by atoms with E-state index in [1.54, 1.807) is 6.08 Å². The molecule has 2 unspecified atom stereocenters. The summed E-state index contributed by atoms with van der Waals surface area (Å²) in [4.78, 5) is 24.5. The molecular weight excluding hydrogens is 767 g/mol. The topological polar surface area (TPSA) is 95.9 Å². The monoisotopic (exact) mass is 874 g/mol. The molecule has 0 spiro atoms. The van der Waals surface area contributed by atoms with Crippen LogP contribution in [0.25, 0.3) is 0 Å². The van der Waals surface area contributed by atoms with Crippen LogP contribution in [0.2, 0.25) is 0 Å². The number of aliphatic hydroxyl groups is 2. The number of amides is 1. The maximum absolute atomic E-state index is 12.4. The van der Waals surface area contributed by atoms with Gasteiger partial charge < -0.3 is 20.3 Å². The summed E-state index contributed by atoms with van der Waals surface area (Å²) in [6.07, 6.45) is 61.8. The highest BCUT2D eigenvalue weighted by atomic mass is 16.5. The number of nitrogens with one attached hydrogen (secondary N) is 1. The van der Waals surface area contributed by atoms with E-state index in [2.05, 4.69) is 31.3 Å². The molecule has 0 saturated heterocycles. The summed E-state index contributed by atoms with van der Waals surface area (Å²) in [5, 5.41) is 23.1. The third kappa shape index (κ3) is 47.8. The minimum Gasteiger partial charge on any atom is -0.466 e. The number of esters is 1. The van der Waals surface area contributed by atoms with E-state index in [1.807, 2.05) is 6.08 Å². The van der Waals surface area contributed by atoms with Gasteiger partial charge in [0.1, 0.15) is 0 Å². The zero-order valence-corrected chi connectivity index (χ0v) is 41.6. The lowest BCUT2D eigenvalue weighted by Crippen LogP contribution is -2.45. The van der Waals surface area contributed by atoms with Crippen LogP contribution in [0.5, 0.6) is 0 Å². The number of allylic oxidation sites excluding steroid dienone is 3. The van der Waals surface area contributed by atoms with Gasteiger partial charge in [0, 0.05) is 12.8 Å². The summed E-state index contributed by atoms with van der Waals surface area (Å²) in [6, 6.07) is -0.637. The Hall–Kier alpha value is -1.66. The van der Waals surface area contributed by atoms with Gasteiger partial charge in [0.05, 0.1) is 25.4 Å². The van der Waals surface area contributed by atoms with Crippen molar-refractivity contribution in [3.05, 3.63) is 24.3 Å². The van der Waals surface area contributed by atoms with Gasteiger partial charge in [0.15, 0.2) is 0 Å². The molecular formula is C56H107NO5. The Morgan fingerprint density at radius 3 is 1.15 bits per heavy atom. The fraction of sp³-hybridized carbons (Fsp3) is 0.893. The summed E-state index contributed by atoms with van der Waals surface area (Å²) in [6.45, 7) is 4.88. The summed E-state index contributed by atoms with van der Waals surface area (Å²) < 4.78 is 5.47. The van der Waals surface area contributed by atoms with E-state index in [1.165, 1.54) is 212 Å². The second kappa shape index (κ2) is 52.0. The molecule has 6 nitrogen and oxygen atoms in total. The quantitative estimate of drug-likeness (QED) is 0.0321. The van der Waals surface area contributed by atoms with Gasteiger partial charge in [-0.2, -0.15) is 0 Å². The van der Waals surface area contributed by atoms with Gasteiger partial charge >= 0.3 is 5.97 Å². The molecule has 62 heavy (non-hydrogen) atoms. The van der Waals surface area contributed by atoms with Gasteiger partial charge in [-0.3, -0.25) is 9.59 Å². The van der Waals surface area contributed by atoms with Crippen LogP contribution in [0.4, 0.5) is 0 Å². The first-order valence-electron chi connectivity index (χ1n) is 27.6. The Labute approximate surface area is 386 Å². The largest absolute Gasteiger partial charge is 0.466 e. The van der Waals surface area contributed by atoms with Crippen LogP contribution in [-0.2, 0) is 14.3 Å². The predicted molar refractivity (Wildman–Crippen MR) is 269 cm³/mol. The summed E-state index contributed by atoms with van der Waals surface area (Å²) in [7, 11) is 0. The molecule has 0 fully saturated rings. The molecule has 0 aromatic rings. The summed E-state index contributed by atoms with van der Waals surface area (Å²) in [5.41, 5.74) is 0. The van der Waals surface area contributed by atoms with E-state index < -0.39 is 12.1 Å². The number of carbonyl (C=O) groups is 2. The van der Waals surface area contributed by atoms with Crippen LogP contribution in [0.15, 0.2) is 24.3 Å². The highest BCUT2D eigenvalue weighted by molar-refractivity contribution is 5.76. The highest BCUT2D eigenvalue weighted by Gasteiger charge is 2.18. The zero-order valence-electron chi connectivity index (χ0n) is 41.6. The van der Waals surface area contributed by atoms with Gasteiger partial charge in [-0.25, -0.2) is 0 Å². The molecule has 0 aromatic heterocycles. The first-order chi connectivity index (χ1) is 30.5. The second-order valence-electron chi connectivity index (χ2n) is 18.9. The van der Waals surface area contributed by atoms with Crippen molar-refractivity contribution in [2.24, 2.45) is 0 Å².